The van der Waals surface area contributed by atoms with Gasteiger partial charge in [-0.15, -0.1) is 0 Å². The third kappa shape index (κ3) is 3.51. The molecule has 0 unspecified atom stereocenters. The molecule has 0 aliphatic carbocycles. The number of ether oxygens (including phenoxy) is 3. The van der Waals surface area contributed by atoms with Crippen molar-refractivity contribution in [3.8, 4) is 28.5 Å². The number of fused-ring (bicyclic) bond motifs is 1. The first-order valence-corrected chi connectivity index (χ1v) is 8.33. The van der Waals surface area contributed by atoms with Crippen molar-refractivity contribution in [3.63, 3.8) is 0 Å². The Bertz CT molecular complexity index is 974. The summed E-state index contributed by atoms with van der Waals surface area (Å²) >= 11 is 0. The molecule has 1 aromatic heterocycles. The van der Waals surface area contributed by atoms with Gasteiger partial charge in [0.15, 0.2) is 11.5 Å². The first kappa shape index (κ1) is 17.1. The number of pyridine rings is 1. The molecular formula is C20H17N2O5-. The zero-order valence-corrected chi connectivity index (χ0v) is 14.6. The van der Waals surface area contributed by atoms with Crippen LogP contribution in [0.4, 0.5) is 5.69 Å². The summed E-state index contributed by atoms with van der Waals surface area (Å²) in [6.07, 6.45) is 0.598. The first-order valence-electron chi connectivity index (χ1n) is 8.33. The van der Waals surface area contributed by atoms with E-state index < -0.39 is 0 Å². The molecule has 4 rings (SSSR count). The van der Waals surface area contributed by atoms with Gasteiger partial charge < -0.3 is 24.6 Å². The fraction of sp³-hybridized carbons (Fsp3) is 0.150. The molecule has 7 heteroatoms. The maximum absolute atomic E-state index is 11.2. The highest BCUT2D eigenvalue weighted by atomic mass is 16.8. The SMILES string of the molecule is COc1ccc(Cc2ccc3c(c2)OCO3)nc1-c1cccc(N([O-])O)c1. The van der Waals surface area contributed by atoms with Gasteiger partial charge in [-0.2, -0.15) is 0 Å². The molecule has 2 aromatic carbocycles. The molecule has 2 heterocycles. The lowest BCUT2D eigenvalue weighted by Crippen LogP contribution is -2.07. The van der Waals surface area contributed by atoms with Crippen LogP contribution in [-0.2, 0) is 6.42 Å². The second-order valence-electron chi connectivity index (χ2n) is 6.04. The van der Waals surface area contributed by atoms with Crippen molar-refractivity contribution in [3.05, 3.63) is 71.1 Å². The minimum atomic E-state index is -0.174. The summed E-state index contributed by atoms with van der Waals surface area (Å²) in [5, 5.41) is 20.2. The molecule has 0 atom stereocenters. The standard InChI is InChI=1S/C20H17N2O5/c1-25-18-8-6-15(9-13-5-7-17-19(10-13)27-12-26-17)21-20(18)14-3-2-4-16(11-14)22(23)24/h2-8,10-11,23H,9,12H2,1H3/q-1. The highest BCUT2D eigenvalue weighted by Crippen LogP contribution is 2.34. The third-order valence-corrected chi connectivity index (χ3v) is 4.30. The summed E-state index contributed by atoms with van der Waals surface area (Å²) in [4.78, 5) is 4.70. The predicted octanol–water partition coefficient (Wildman–Crippen LogP) is 3.77. The van der Waals surface area contributed by atoms with Gasteiger partial charge in [-0.3, -0.25) is 5.21 Å². The molecule has 0 fully saturated rings. The van der Waals surface area contributed by atoms with Gasteiger partial charge in [0.1, 0.15) is 11.4 Å². The van der Waals surface area contributed by atoms with E-state index in [1.807, 2.05) is 36.4 Å². The van der Waals surface area contributed by atoms with E-state index in [2.05, 4.69) is 0 Å². The molecule has 0 spiro atoms. The maximum Gasteiger partial charge on any atom is 0.231 e. The van der Waals surface area contributed by atoms with Crippen LogP contribution >= 0.6 is 0 Å². The Balaban J connectivity index is 1.68. The van der Waals surface area contributed by atoms with Crippen molar-refractivity contribution >= 4 is 5.69 Å². The van der Waals surface area contributed by atoms with Gasteiger partial charge in [0.05, 0.1) is 12.8 Å². The second-order valence-corrected chi connectivity index (χ2v) is 6.04. The molecule has 0 radical (unpaired) electrons. The van der Waals surface area contributed by atoms with Crippen LogP contribution < -0.4 is 19.4 Å². The minimum Gasteiger partial charge on any atom is -0.733 e. The Labute approximate surface area is 155 Å². The van der Waals surface area contributed by atoms with E-state index in [0.717, 1.165) is 22.8 Å². The normalized spacial score (nSPS) is 12.1. The maximum atomic E-state index is 11.2. The highest BCUT2D eigenvalue weighted by Gasteiger charge is 2.15. The number of benzene rings is 2. The minimum absolute atomic E-state index is 0.123. The van der Waals surface area contributed by atoms with Gasteiger partial charge in [-0.1, -0.05) is 18.2 Å². The fourth-order valence-corrected chi connectivity index (χ4v) is 2.99. The van der Waals surface area contributed by atoms with Crippen molar-refractivity contribution in [1.82, 2.24) is 4.98 Å². The summed E-state index contributed by atoms with van der Waals surface area (Å²) in [5.41, 5.74) is 3.26. The van der Waals surface area contributed by atoms with Gasteiger partial charge in [0, 0.05) is 17.7 Å². The van der Waals surface area contributed by atoms with Crippen molar-refractivity contribution in [2.75, 3.05) is 19.1 Å². The first-order chi connectivity index (χ1) is 13.1. The molecule has 27 heavy (non-hydrogen) atoms. The van der Waals surface area contributed by atoms with E-state index in [9.17, 15) is 5.21 Å². The van der Waals surface area contributed by atoms with Gasteiger partial charge >= 0.3 is 0 Å². The van der Waals surface area contributed by atoms with Gasteiger partial charge in [-0.05, 0) is 42.0 Å². The van der Waals surface area contributed by atoms with Gasteiger partial charge in [0.25, 0.3) is 0 Å². The quantitative estimate of drug-likeness (QED) is 0.689. The monoisotopic (exact) mass is 365 g/mol. The van der Waals surface area contributed by atoms with E-state index >= 15 is 0 Å². The van der Waals surface area contributed by atoms with Crippen molar-refractivity contribution in [1.29, 1.82) is 0 Å². The van der Waals surface area contributed by atoms with Gasteiger partial charge in [0.2, 0.25) is 6.79 Å². The molecule has 0 saturated heterocycles. The lowest BCUT2D eigenvalue weighted by molar-refractivity contribution is 0.174. The summed E-state index contributed by atoms with van der Waals surface area (Å²) in [7, 11) is 1.56. The van der Waals surface area contributed by atoms with Crippen LogP contribution in [0.3, 0.4) is 0 Å². The summed E-state index contributed by atoms with van der Waals surface area (Å²) in [6, 6.07) is 16.1. The van der Waals surface area contributed by atoms with Crippen LogP contribution in [0, 0.1) is 5.21 Å². The molecule has 0 amide bonds. The zero-order valence-electron chi connectivity index (χ0n) is 14.6. The average molecular weight is 365 g/mol. The Morgan fingerprint density at radius 1 is 1.11 bits per heavy atom. The van der Waals surface area contributed by atoms with Crippen molar-refractivity contribution in [2.24, 2.45) is 0 Å². The lowest BCUT2D eigenvalue weighted by Gasteiger charge is -2.22. The molecule has 3 aromatic rings. The topological polar surface area (TPSA) is 87.1 Å². The molecule has 0 bridgehead atoms. The van der Waals surface area contributed by atoms with Crippen LogP contribution in [0.1, 0.15) is 11.3 Å². The van der Waals surface area contributed by atoms with Crippen molar-refractivity contribution in [2.45, 2.75) is 6.42 Å². The van der Waals surface area contributed by atoms with Crippen LogP contribution in [0.25, 0.3) is 11.3 Å². The molecule has 1 aliphatic rings. The number of hydrogen-bond acceptors (Lipinski definition) is 7. The molecular weight excluding hydrogens is 348 g/mol. The van der Waals surface area contributed by atoms with E-state index in [0.29, 0.717) is 23.4 Å². The van der Waals surface area contributed by atoms with E-state index in [1.54, 1.807) is 19.2 Å². The van der Waals surface area contributed by atoms with Crippen LogP contribution in [0.2, 0.25) is 0 Å². The third-order valence-electron chi connectivity index (χ3n) is 4.30. The molecule has 7 nitrogen and oxygen atoms in total. The van der Waals surface area contributed by atoms with E-state index in [1.165, 1.54) is 6.07 Å². The van der Waals surface area contributed by atoms with Gasteiger partial charge in [-0.25, -0.2) is 4.98 Å². The Hall–Kier alpha value is -3.29. The molecule has 138 valence electrons. The Morgan fingerprint density at radius 3 is 2.78 bits per heavy atom. The Morgan fingerprint density at radius 2 is 1.96 bits per heavy atom. The van der Waals surface area contributed by atoms with Crippen LogP contribution in [-0.4, -0.2) is 24.1 Å². The highest BCUT2D eigenvalue weighted by molar-refractivity contribution is 5.70. The fourth-order valence-electron chi connectivity index (χ4n) is 2.99. The van der Waals surface area contributed by atoms with E-state index in [4.69, 9.17) is 24.4 Å². The molecule has 0 saturated carbocycles. The Kier molecular flexibility index (Phi) is 4.53. The second kappa shape index (κ2) is 7.14. The number of anilines is 1. The lowest BCUT2D eigenvalue weighted by atomic mass is 10.1. The summed E-state index contributed by atoms with van der Waals surface area (Å²) in [5.74, 6) is 2.05. The molecule has 1 aliphatic heterocycles. The average Bonchev–Trinajstić information content (AvgIpc) is 3.16. The number of rotatable bonds is 5. The predicted molar refractivity (Wildman–Crippen MR) is 99.2 cm³/mol. The van der Waals surface area contributed by atoms with E-state index in [-0.39, 0.29) is 17.7 Å². The summed E-state index contributed by atoms with van der Waals surface area (Å²) in [6.45, 7) is 0.238. The van der Waals surface area contributed by atoms with Crippen LogP contribution in [0.5, 0.6) is 17.2 Å². The summed E-state index contributed by atoms with van der Waals surface area (Å²) < 4.78 is 16.2. The van der Waals surface area contributed by atoms with Crippen LogP contribution in [0.15, 0.2) is 54.6 Å². The number of aromatic nitrogens is 1. The number of methoxy groups -OCH3 is 1. The smallest absolute Gasteiger partial charge is 0.231 e. The largest absolute Gasteiger partial charge is 0.733 e. The van der Waals surface area contributed by atoms with Crippen molar-refractivity contribution < 1.29 is 19.4 Å². The number of hydrogen-bond donors (Lipinski definition) is 1. The number of nitrogens with zero attached hydrogens (tertiary/aromatic N) is 2. The zero-order chi connectivity index (χ0) is 18.8. The molecule has 1 N–H and O–H groups in total.